The highest BCUT2D eigenvalue weighted by Crippen LogP contribution is 2.37. The van der Waals surface area contributed by atoms with Gasteiger partial charge < -0.3 is 0 Å². The Labute approximate surface area is 103 Å². The van der Waals surface area contributed by atoms with E-state index in [-0.39, 0.29) is 0 Å². The molecule has 0 aromatic carbocycles. The second kappa shape index (κ2) is 7.18. The lowest BCUT2D eigenvalue weighted by atomic mass is 10.4. The molecule has 0 aromatic rings. The maximum absolute atomic E-state index is 2.58. The fourth-order valence-corrected chi connectivity index (χ4v) is 27.4. The third-order valence-corrected chi connectivity index (χ3v) is 21.5. The van der Waals surface area contributed by atoms with E-state index in [0.717, 1.165) is 0 Å². The Morgan fingerprint density at radius 3 is 1.33 bits per heavy atom. The van der Waals surface area contributed by atoms with Gasteiger partial charge in [0.1, 0.15) is 14.4 Å². The van der Waals surface area contributed by atoms with Crippen molar-refractivity contribution in [1.29, 1.82) is 0 Å². The van der Waals surface area contributed by atoms with Crippen LogP contribution in [0.1, 0.15) is 39.5 Å². The fourth-order valence-electron chi connectivity index (χ4n) is 2.06. The van der Waals surface area contributed by atoms with Crippen molar-refractivity contribution in [1.82, 2.24) is 0 Å². The normalized spacial score (nSPS) is 13.2. The topological polar surface area (TPSA) is 0 Å². The molecule has 0 fully saturated rings. The average Bonchev–Trinajstić information content (AvgIpc) is 2.10. The number of hydrogen-bond acceptors (Lipinski definition) is 1. The van der Waals surface area contributed by atoms with Crippen molar-refractivity contribution >= 4 is 25.1 Å². The van der Waals surface area contributed by atoms with Gasteiger partial charge in [0.2, 0.25) is 0 Å². The minimum atomic E-state index is -0.931. The van der Waals surface area contributed by atoms with E-state index in [4.69, 9.17) is 0 Å². The summed E-state index contributed by atoms with van der Waals surface area (Å²) in [5, 5.41) is 0. The Hall–Kier alpha value is 0.784. The number of hydrogen-bond donors (Lipinski definition) is 0. The molecule has 0 saturated heterocycles. The van der Waals surface area contributed by atoms with Gasteiger partial charge in [0, 0.05) is 0 Å². The van der Waals surface area contributed by atoms with E-state index in [0.29, 0.717) is 0 Å². The first kappa shape index (κ1) is 15.8. The van der Waals surface area contributed by atoms with E-state index in [2.05, 4.69) is 50.7 Å². The second-order valence-electron chi connectivity index (χ2n) is 5.83. The first-order chi connectivity index (χ1) is 6.83. The molecule has 0 aromatic heterocycles. The summed E-state index contributed by atoms with van der Waals surface area (Å²) < 4.78 is 0. The molecule has 0 heterocycles. The van der Waals surface area contributed by atoms with Crippen LogP contribution in [-0.2, 0) is 0 Å². The molecule has 0 unspecified atom stereocenters. The third-order valence-electron chi connectivity index (χ3n) is 2.82. The molecule has 0 N–H and O–H groups in total. The summed E-state index contributed by atoms with van der Waals surface area (Å²) in [4.78, 5) is 0. The predicted molar refractivity (Wildman–Crippen MR) is 82.0 cm³/mol. The van der Waals surface area contributed by atoms with Gasteiger partial charge in [0.25, 0.3) is 0 Å². The molecule has 0 amide bonds. The van der Waals surface area contributed by atoms with Gasteiger partial charge in [-0.1, -0.05) is 65.7 Å². The van der Waals surface area contributed by atoms with Crippen LogP contribution in [0.3, 0.4) is 0 Å². The minimum Gasteiger partial charge on any atom is -0.206 e. The van der Waals surface area contributed by atoms with E-state index in [1.807, 2.05) is 0 Å². The van der Waals surface area contributed by atoms with Crippen LogP contribution in [-0.4, -0.2) is 14.4 Å². The van der Waals surface area contributed by atoms with Crippen molar-refractivity contribution in [2.45, 2.75) is 77.8 Å². The first-order valence-corrected chi connectivity index (χ1v) is 15.2. The van der Waals surface area contributed by atoms with Crippen LogP contribution in [0.5, 0.6) is 0 Å². The van der Waals surface area contributed by atoms with E-state index in [9.17, 15) is 0 Å². The Bertz CT molecular complexity index is 149. The summed E-state index contributed by atoms with van der Waals surface area (Å²) in [6, 6.07) is 3.05. The average molecular weight is 263 g/mol. The molecule has 92 valence electrons. The molecule has 0 saturated carbocycles. The SMILES string of the molecule is CCCC[Si](C)(C)S[Si](C)(C)CCCC. The number of unbranched alkanes of at least 4 members (excludes halogenated alkanes) is 2. The van der Waals surface area contributed by atoms with Gasteiger partial charge in [-0.15, -0.1) is 0 Å². The van der Waals surface area contributed by atoms with Crippen molar-refractivity contribution in [3.63, 3.8) is 0 Å². The Morgan fingerprint density at radius 2 is 1.07 bits per heavy atom. The highest BCUT2D eigenvalue weighted by molar-refractivity contribution is 8.49. The van der Waals surface area contributed by atoms with Crippen LogP contribution >= 0.6 is 10.7 Å². The molecule has 3 heteroatoms. The molecule has 0 atom stereocenters. The zero-order valence-electron chi connectivity index (χ0n) is 11.7. The predicted octanol–water partition coefficient (Wildman–Crippen LogP) is 5.73. The molecule has 0 bridgehead atoms. The summed E-state index contributed by atoms with van der Waals surface area (Å²) in [5.74, 6) is 0. The van der Waals surface area contributed by atoms with Crippen molar-refractivity contribution in [3.8, 4) is 0 Å². The van der Waals surface area contributed by atoms with Gasteiger partial charge in [-0.3, -0.25) is 0 Å². The van der Waals surface area contributed by atoms with Gasteiger partial charge in [-0.2, -0.15) is 0 Å². The van der Waals surface area contributed by atoms with E-state index >= 15 is 0 Å². The maximum Gasteiger partial charge on any atom is 0.104 e. The van der Waals surface area contributed by atoms with Crippen LogP contribution in [0.15, 0.2) is 0 Å². The molecule has 0 spiro atoms. The second-order valence-corrected chi connectivity index (χ2v) is 23.2. The molecule has 0 rings (SSSR count). The van der Waals surface area contributed by atoms with Crippen molar-refractivity contribution in [3.05, 3.63) is 0 Å². The van der Waals surface area contributed by atoms with Gasteiger partial charge in [0.15, 0.2) is 0 Å². The van der Waals surface area contributed by atoms with Crippen LogP contribution in [0.2, 0.25) is 38.3 Å². The minimum absolute atomic E-state index is 0.931. The lowest BCUT2D eigenvalue weighted by molar-refractivity contribution is 0.872. The standard InChI is InChI=1S/C12H30SSi2/c1-7-9-11-14(3,4)13-15(5,6)12-10-8-2/h7-12H2,1-6H3. The van der Waals surface area contributed by atoms with Crippen molar-refractivity contribution < 1.29 is 0 Å². The monoisotopic (exact) mass is 262 g/mol. The van der Waals surface area contributed by atoms with Gasteiger partial charge >= 0.3 is 0 Å². The highest BCUT2D eigenvalue weighted by Gasteiger charge is 2.31. The van der Waals surface area contributed by atoms with E-state index < -0.39 is 14.4 Å². The summed E-state index contributed by atoms with van der Waals surface area (Å²) in [5.41, 5.74) is 0. The summed E-state index contributed by atoms with van der Waals surface area (Å²) in [7, 11) is 0.599. The van der Waals surface area contributed by atoms with Crippen molar-refractivity contribution in [2.75, 3.05) is 0 Å². The first-order valence-electron chi connectivity index (χ1n) is 6.53. The summed E-state index contributed by atoms with van der Waals surface area (Å²) in [6.07, 6.45) is 5.64. The van der Waals surface area contributed by atoms with Crippen LogP contribution in [0.4, 0.5) is 0 Å². The van der Waals surface area contributed by atoms with Crippen LogP contribution < -0.4 is 0 Å². The lowest BCUT2D eigenvalue weighted by Gasteiger charge is -2.32. The van der Waals surface area contributed by atoms with Crippen LogP contribution in [0, 0.1) is 0 Å². The molecular formula is C12H30SSi2. The molecular weight excluding hydrogens is 232 g/mol. The summed E-state index contributed by atoms with van der Waals surface area (Å²) >= 11 is 0. The molecule has 0 aliphatic carbocycles. The fraction of sp³-hybridized carbons (Fsp3) is 1.00. The van der Waals surface area contributed by atoms with Gasteiger partial charge in [0.05, 0.1) is 0 Å². The zero-order valence-corrected chi connectivity index (χ0v) is 14.5. The number of rotatable bonds is 8. The largest absolute Gasteiger partial charge is 0.206 e. The third kappa shape index (κ3) is 8.58. The summed E-state index contributed by atoms with van der Waals surface area (Å²) in [6.45, 7) is 14.9. The Balaban J connectivity index is 4.04. The van der Waals surface area contributed by atoms with Crippen LogP contribution in [0.25, 0.3) is 0 Å². The highest BCUT2D eigenvalue weighted by atomic mass is 32.5. The van der Waals surface area contributed by atoms with Gasteiger partial charge in [-0.05, 0) is 12.1 Å². The molecule has 15 heavy (non-hydrogen) atoms. The Kier molecular flexibility index (Phi) is 7.55. The maximum atomic E-state index is 2.58. The van der Waals surface area contributed by atoms with Crippen molar-refractivity contribution in [2.24, 2.45) is 0 Å². The molecule has 0 aliphatic heterocycles. The molecule has 0 nitrogen and oxygen atoms in total. The van der Waals surface area contributed by atoms with E-state index in [1.54, 1.807) is 0 Å². The quantitative estimate of drug-likeness (QED) is 0.503. The van der Waals surface area contributed by atoms with E-state index in [1.165, 1.54) is 37.8 Å². The molecule has 0 aliphatic rings. The lowest BCUT2D eigenvalue weighted by Crippen LogP contribution is -2.33. The zero-order chi connectivity index (χ0) is 11.9. The Morgan fingerprint density at radius 1 is 0.733 bits per heavy atom. The smallest absolute Gasteiger partial charge is 0.104 e. The molecule has 0 radical (unpaired) electrons. The van der Waals surface area contributed by atoms with Gasteiger partial charge in [-0.25, -0.2) is 10.7 Å².